The number of amides is 1. The standard InChI is InChI=1S/C20H40N4O4/c1-15(2)17(24-19(25)28-20(3,4)5)13-23-18(21-6)22-10-8-11-26-14-16-9-7-12-27-16/h15-17H,7-14H2,1-6H3,(H,24,25)(H2,21,22,23). The van der Waals surface area contributed by atoms with Crippen molar-refractivity contribution < 1.29 is 19.0 Å². The Morgan fingerprint density at radius 2 is 2.04 bits per heavy atom. The van der Waals surface area contributed by atoms with Gasteiger partial charge in [-0.2, -0.15) is 0 Å². The number of carbonyl (C=O) groups is 1. The molecular formula is C20H40N4O4. The molecule has 0 radical (unpaired) electrons. The minimum absolute atomic E-state index is 0.0665. The van der Waals surface area contributed by atoms with E-state index in [0.29, 0.717) is 25.7 Å². The largest absolute Gasteiger partial charge is 0.444 e. The van der Waals surface area contributed by atoms with Crippen molar-refractivity contribution in [2.75, 3.05) is 40.0 Å². The van der Waals surface area contributed by atoms with Crippen LogP contribution in [0.15, 0.2) is 4.99 Å². The van der Waals surface area contributed by atoms with Crippen LogP contribution in [-0.4, -0.2) is 69.8 Å². The van der Waals surface area contributed by atoms with Crippen molar-refractivity contribution in [2.45, 2.75) is 71.6 Å². The zero-order chi connectivity index (χ0) is 21.0. The summed E-state index contributed by atoms with van der Waals surface area (Å²) in [6, 6.07) is -0.0665. The van der Waals surface area contributed by atoms with Crippen LogP contribution in [-0.2, 0) is 14.2 Å². The molecule has 0 aromatic heterocycles. The normalized spacial score (nSPS) is 18.8. The summed E-state index contributed by atoms with van der Waals surface area (Å²) in [6.07, 6.45) is 2.99. The van der Waals surface area contributed by atoms with Crippen molar-refractivity contribution in [3.8, 4) is 0 Å². The van der Waals surface area contributed by atoms with Crippen LogP contribution in [0, 0.1) is 5.92 Å². The van der Waals surface area contributed by atoms with E-state index in [1.54, 1.807) is 7.05 Å². The average molecular weight is 401 g/mol. The molecule has 8 nitrogen and oxygen atoms in total. The minimum atomic E-state index is -0.511. The summed E-state index contributed by atoms with van der Waals surface area (Å²) in [5.74, 6) is 0.958. The zero-order valence-electron chi connectivity index (χ0n) is 18.5. The van der Waals surface area contributed by atoms with Crippen LogP contribution in [0.2, 0.25) is 0 Å². The Morgan fingerprint density at radius 3 is 2.61 bits per heavy atom. The number of ether oxygens (including phenoxy) is 3. The quantitative estimate of drug-likeness (QED) is 0.296. The molecule has 0 saturated carbocycles. The van der Waals surface area contributed by atoms with Gasteiger partial charge in [-0.1, -0.05) is 13.8 Å². The number of carbonyl (C=O) groups excluding carboxylic acids is 1. The summed E-state index contributed by atoms with van der Waals surface area (Å²) in [4.78, 5) is 16.3. The van der Waals surface area contributed by atoms with Crippen molar-refractivity contribution in [3.63, 3.8) is 0 Å². The van der Waals surface area contributed by atoms with Gasteiger partial charge in [-0.3, -0.25) is 4.99 Å². The lowest BCUT2D eigenvalue weighted by Crippen LogP contribution is -2.50. The first-order valence-corrected chi connectivity index (χ1v) is 10.3. The predicted octanol–water partition coefficient (Wildman–Crippen LogP) is 2.29. The van der Waals surface area contributed by atoms with Gasteiger partial charge in [0.15, 0.2) is 5.96 Å². The van der Waals surface area contributed by atoms with Crippen molar-refractivity contribution in [3.05, 3.63) is 0 Å². The summed E-state index contributed by atoms with van der Waals surface area (Å²) in [7, 11) is 1.73. The molecule has 0 bridgehead atoms. The van der Waals surface area contributed by atoms with Crippen LogP contribution < -0.4 is 16.0 Å². The van der Waals surface area contributed by atoms with Crippen LogP contribution in [0.5, 0.6) is 0 Å². The number of nitrogens with zero attached hydrogens (tertiary/aromatic N) is 1. The first kappa shape index (κ1) is 24.5. The van der Waals surface area contributed by atoms with E-state index in [0.717, 1.165) is 32.4 Å². The average Bonchev–Trinajstić information content (AvgIpc) is 3.10. The van der Waals surface area contributed by atoms with Gasteiger partial charge in [0.2, 0.25) is 0 Å². The van der Waals surface area contributed by atoms with Gasteiger partial charge in [0, 0.05) is 33.4 Å². The third-order valence-electron chi connectivity index (χ3n) is 4.31. The molecule has 0 aromatic carbocycles. The maximum Gasteiger partial charge on any atom is 0.407 e. The Bertz CT molecular complexity index is 471. The van der Waals surface area contributed by atoms with Crippen LogP contribution in [0.1, 0.15) is 53.9 Å². The van der Waals surface area contributed by atoms with Gasteiger partial charge in [0.1, 0.15) is 5.60 Å². The summed E-state index contributed by atoms with van der Waals surface area (Å²) in [5, 5.41) is 9.45. The third kappa shape index (κ3) is 11.3. The van der Waals surface area contributed by atoms with E-state index in [1.807, 2.05) is 20.8 Å². The molecule has 3 N–H and O–H groups in total. The minimum Gasteiger partial charge on any atom is -0.444 e. The maximum atomic E-state index is 12.0. The molecular weight excluding hydrogens is 360 g/mol. The van der Waals surface area contributed by atoms with Gasteiger partial charge >= 0.3 is 6.09 Å². The van der Waals surface area contributed by atoms with Gasteiger partial charge in [0.25, 0.3) is 0 Å². The van der Waals surface area contributed by atoms with E-state index >= 15 is 0 Å². The molecule has 1 rings (SSSR count). The van der Waals surface area contributed by atoms with E-state index in [4.69, 9.17) is 14.2 Å². The molecule has 8 heteroatoms. The van der Waals surface area contributed by atoms with Gasteiger partial charge in [-0.15, -0.1) is 0 Å². The second-order valence-corrected chi connectivity index (χ2v) is 8.44. The number of nitrogens with one attached hydrogen (secondary N) is 3. The van der Waals surface area contributed by atoms with E-state index < -0.39 is 11.7 Å². The Balaban J connectivity index is 2.23. The number of alkyl carbamates (subject to hydrolysis) is 1. The van der Waals surface area contributed by atoms with Gasteiger partial charge < -0.3 is 30.2 Å². The van der Waals surface area contributed by atoms with E-state index in [1.165, 1.54) is 0 Å². The molecule has 1 heterocycles. The zero-order valence-corrected chi connectivity index (χ0v) is 18.5. The molecule has 0 aliphatic carbocycles. The van der Waals surface area contributed by atoms with Crippen molar-refractivity contribution in [2.24, 2.45) is 10.9 Å². The molecule has 164 valence electrons. The molecule has 1 aliphatic heterocycles. The lowest BCUT2D eigenvalue weighted by molar-refractivity contribution is 0.0168. The Morgan fingerprint density at radius 1 is 1.29 bits per heavy atom. The first-order chi connectivity index (χ1) is 13.2. The molecule has 2 atom stereocenters. The molecule has 2 unspecified atom stereocenters. The third-order valence-corrected chi connectivity index (χ3v) is 4.31. The monoisotopic (exact) mass is 400 g/mol. The van der Waals surface area contributed by atoms with Crippen molar-refractivity contribution in [1.29, 1.82) is 0 Å². The fourth-order valence-corrected chi connectivity index (χ4v) is 2.71. The highest BCUT2D eigenvalue weighted by Crippen LogP contribution is 2.12. The van der Waals surface area contributed by atoms with Gasteiger partial charge in [-0.25, -0.2) is 4.79 Å². The van der Waals surface area contributed by atoms with Gasteiger partial charge in [0.05, 0.1) is 18.8 Å². The maximum absolute atomic E-state index is 12.0. The van der Waals surface area contributed by atoms with Crippen LogP contribution >= 0.6 is 0 Å². The summed E-state index contributed by atoms with van der Waals surface area (Å²) in [5.41, 5.74) is -0.511. The molecule has 0 spiro atoms. The second kappa shape index (κ2) is 12.8. The van der Waals surface area contributed by atoms with Crippen LogP contribution in [0.4, 0.5) is 4.79 Å². The second-order valence-electron chi connectivity index (χ2n) is 8.44. The number of rotatable bonds is 10. The van der Waals surface area contributed by atoms with Crippen LogP contribution in [0.3, 0.4) is 0 Å². The van der Waals surface area contributed by atoms with E-state index in [2.05, 4.69) is 34.8 Å². The number of aliphatic imine (C=N–C) groups is 1. The molecule has 1 fully saturated rings. The predicted molar refractivity (Wildman–Crippen MR) is 112 cm³/mol. The summed E-state index contributed by atoms with van der Waals surface area (Å²) < 4.78 is 16.5. The first-order valence-electron chi connectivity index (χ1n) is 10.3. The van der Waals surface area contributed by atoms with E-state index in [9.17, 15) is 4.79 Å². The topological polar surface area (TPSA) is 93.2 Å². The molecule has 1 saturated heterocycles. The fraction of sp³-hybridized carbons (Fsp3) is 0.900. The Labute approximate surface area is 170 Å². The Hall–Kier alpha value is -1.54. The lowest BCUT2D eigenvalue weighted by atomic mass is 10.0. The van der Waals surface area contributed by atoms with E-state index in [-0.39, 0.29) is 18.1 Å². The summed E-state index contributed by atoms with van der Waals surface area (Å²) >= 11 is 0. The summed E-state index contributed by atoms with van der Waals surface area (Å²) in [6.45, 7) is 13.2. The van der Waals surface area contributed by atoms with Crippen LogP contribution in [0.25, 0.3) is 0 Å². The highest BCUT2D eigenvalue weighted by atomic mass is 16.6. The van der Waals surface area contributed by atoms with Crippen molar-refractivity contribution >= 4 is 12.1 Å². The highest BCUT2D eigenvalue weighted by molar-refractivity contribution is 5.79. The molecule has 0 aromatic rings. The van der Waals surface area contributed by atoms with Crippen molar-refractivity contribution in [1.82, 2.24) is 16.0 Å². The lowest BCUT2D eigenvalue weighted by Gasteiger charge is -2.26. The molecule has 1 amide bonds. The number of hydrogen-bond acceptors (Lipinski definition) is 5. The number of hydrogen-bond donors (Lipinski definition) is 3. The smallest absolute Gasteiger partial charge is 0.407 e. The Kier molecular flexibility index (Phi) is 11.2. The van der Waals surface area contributed by atoms with Gasteiger partial charge in [-0.05, 0) is 46.0 Å². The number of guanidine groups is 1. The SMILES string of the molecule is CN=C(NCCCOCC1CCCO1)NCC(NC(=O)OC(C)(C)C)C(C)C. The fourth-order valence-electron chi connectivity index (χ4n) is 2.71. The molecule has 1 aliphatic rings. The molecule has 28 heavy (non-hydrogen) atoms. The highest BCUT2D eigenvalue weighted by Gasteiger charge is 2.21.